The summed E-state index contributed by atoms with van der Waals surface area (Å²) in [6.45, 7) is 2.89. The van der Waals surface area contributed by atoms with Gasteiger partial charge in [0.2, 0.25) is 10.9 Å². The topological polar surface area (TPSA) is 132 Å². The van der Waals surface area contributed by atoms with Gasteiger partial charge in [0.25, 0.3) is 0 Å². The normalized spacial score (nSPS) is 17.4. The molecule has 15 heteroatoms. The van der Waals surface area contributed by atoms with E-state index >= 15 is 0 Å². The van der Waals surface area contributed by atoms with Crippen molar-refractivity contribution in [2.75, 3.05) is 45.7 Å². The van der Waals surface area contributed by atoms with Crippen LogP contribution < -0.4 is 10.2 Å². The van der Waals surface area contributed by atoms with Crippen LogP contribution in [0, 0.1) is 17.1 Å². The number of carbonyl (C=O) groups excluding carboxylic acids is 2. The predicted octanol–water partition coefficient (Wildman–Crippen LogP) is 3.88. The number of imidazole rings is 1. The molecule has 1 aromatic carbocycles. The van der Waals surface area contributed by atoms with E-state index < -0.39 is 5.97 Å². The summed E-state index contributed by atoms with van der Waals surface area (Å²) >= 11 is 2.82. The first-order chi connectivity index (χ1) is 21.7. The Hall–Kier alpha value is -4.39. The molecular weight excluding hydrogens is 618 g/mol. The van der Waals surface area contributed by atoms with Gasteiger partial charge in [-0.3, -0.25) is 14.5 Å². The number of amides is 1. The van der Waals surface area contributed by atoms with Gasteiger partial charge >= 0.3 is 5.97 Å². The number of anilines is 2. The van der Waals surface area contributed by atoms with Gasteiger partial charge in [-0.2, -0.15) is 14.9 Å². The highest BCUT2D eigenvalue weighted by Gasteiger charge is 2.42. The van der Waals surface area contributed by atoms with Gasteiger partial charge < -0.3 is 19.9 Å². The summed E-state index contributed by atoms with van der Waals surface area (Å²) in [5.74, 6) is -0.257. The summed E-state index contributed by atoms with van der Waals surface area (Å²) in [7, 11) is 5.10. The first kappa shape index (κ1) is 30.6. The number of halogens is 1. The molecule has 1 N–H and O–H groups in total. The number of rotatable bonds is 10. The van der Waals surface area contributed by atoms with E-state index in [-0.39, 0.29) is 36.9 Å². The van der Waals surface area contributed by atoms with Gasteiger partial charge in [0.05, 0.1) is 31.4 Å². The molecule has 3 aromatic heterocycles. The smallest absolute Gasteiger partial charge is 0.325 e. The Morgan fingerprint density at radius 3 is 2.71 bits per heavy atom. The first-order valence-electron chi connectivity index (χ1n) is 14.5. The fourth-order valence-corrected chi connectivity index (χ4v) is 7.81. The number of allylic oxidation sites excluding steroid dienone is 1. The maximum atomic E-state index is 13.6. The van der Waals surface area contributed by atoms with E-state index in [0.717, 1.165) is 40.9 Å². The Morgan fingerprint density at radius 2 is 2.00 bits per heavy atom. The maximum Gasteiger partial charge on any atom is 0.325 e. The first-order valence-corrected chi connectivity index (χ1v) is 16.1. The Balaban J connectivity index is 1.27. The Labute approximate surface area is 267 Å². The monoisotopic (exact) mass is 649 g/mol. The molecule has 0 aliphatic carbocycles. The van der Waals surface area contributed by atoms with Crippen molar-refractivity contribution in [3.05, 3.63) is 57.4 Å². The number of methoxy groups -OCH3 is 1. The van der Waals surface area contributed by atoms with Crippen molar-refractivity contribution in [1.82, 2.24) is 34.7 Å². The van der Waals surface area contributed by atoms with Crippen LogP contribution in [-0.2, 0) is 20.7 Å². The predicted molar refractivity (Wildman–Crippen MR) is 169 cm³/mol. The Morgan fingerprint density at radius 1 is 1.22 bits per heavy atom. The molecule has 6 rings (SSSR count). The zero-order valence-corrected chi connectivity index (χ0v) is 26.9. The number of likely N-dealkylation sites (N-methyl/N-ethyl adjacent to an activating group) is 1. The van der Waals surface area contributed by atoms with Crippen LogP contribution in [0.25, 0.3) is 16.2 Å². The van der Waals surface area contributed by atoms with E-state index in [1.165, 1.54) is 36.3 Å². The minimum absolute atomic E-state index is 0.00167. The molecule has 2 aliphatic heterocycles. The Kier molecular flexibility index (Phi) is 8.54. The van der Waals surface area contributed by atoms with E-state index in [1.54, 1.807) is 23.5 Å². The average Bonchev–Trinajstić information content (AvgIpc) is 3.85. The number of thiazole rings is 1. The molecule has 12 nitrogen and oxygen atoms in total. The van der Waals surface area contributed by atoms with E-state index in [9.17, 15) is 19.2 Å². The third-order valence-electron chi connectivity index (χ3n) is 8.12. The quantitative estimate of drug-likeness (QED) is 0.253. The number of aromatic nitrogens is 4. The largest absolute Gasteiger partial charge is 0.468 e. The number of carbonyl (C=O) groups is 2. The molecule has 1 fully saturated rings. The second kappa shape index (κ2) is 12.5. The van der Waals surface area contributed by atoms with Gasteiger partial charge in [0.1, 0.15) is 34.0 Å². The maximum absolute atomic E-state index is 13.6. The summed E-state index contributed by atoms with van der Waals surface area (Å²) in [5, 5.41) is 19.1. The van der Waals surface area contributed by atoms with E-state index in [4.69, 9.17) is 15.1 Å². The van der Waals surface area contributed by atoms with Crippen LogP contribution in [-0.4, -0.2) is 88.3 Å². The van der Waals surface area contributed by atoms with Crippen molar-refractivity contribution in [3.63, 3.8) is 0 Å². The second-order valence-corrected chi connectivity index (χ2v) is 12.8. The molecule has 2 atom stereocenters. The highest BCUT2D eigenvalue weighted by atomic mass is 32.1. The molecule has 1 saturated heterocycles. The molecule has 5 heterocycles. The SMILES string of the molecule is CCc1nc2sc(C3CC(N(C)CC(=O)NCC(=O)OC)N4CCC=C34)nn2c1N(C)c1nc(-c2ccc(F)cc2)c(C#N)s1. The van der Waals surface area contributed by atoms with Crippen LogP contribution in [0.15, 0.2) is 36.0 Å². The molecule has 1 amide bonds. The molecule has 0 bridgehead atoms. The highest BCUT2D eigenvalue weighted by molar-refractivity contribution is 7.17. The molecule has 2 aliphatic rings. The number of nitrogens with zero attached hydrogens (tertiary/aromatic N) is 8. The molecule has 4 aromatic rings. The van der Waals surface area contributed by atoms with Crippen molar-refractivity contribution < 1.29 is 18.7 Å². The fourth-order valence-electron chi connectivity index (χ4n) is 5.93. The number of benzene rings is 1. The summed E-state index contributed by atoms with van der Waals surface area (Å²) in [6, 6.07) is 8.20. The lowest BCUT2D eigenvalue weighted by Crippen LogP contribution is -2.46. The van der Waals surface area contributed by atoms with Crippen LogP contribution in [0.4, 0.5) is 15.3 Å². The number of hydrogen-bond donors (Lipinski definition) is 1. The number of ether oxygens (including phenoxy) is 1. The fraction of sp³-hybridized carbons (Fsp3) is 0.400. The summed E-state index contributed by atoms with van der Waals surface area (Å²) in [4.78, 5) is 41.1. The van der Waals surface area contributed by atoms with Crippen LogP contribution in [0.5, 0.6) is 0 Å². The molecular formula is C30H32FN9O3S2. The van der Waals surface area contributed by atoms with Crippen molar-refractivity contribution in [1.29, 1.82) is 5.26 Å². The van der Waals surface area contributed by atoms with Gasteiger partial charge in [-0.05, 0) is 50.6 Å². The van der Waals surface area contributed by atoms with Gasteiger partial charge in [-0.25, -0.2) is 14.4 Å². The molecule has 2 unspecified atom stereocenters. The highest BCUT2D eigenvalue weighted by Crippen LogP contribution is 2.46. The van der Waals surface area contributed by atoms with Crippen LogP contribution >= 0.6 is 22.7 Å². The lowest BCUT2D eigenvalue weighted by atomic mass is 10.1. The zero-order valence-electron chi connectivity index (χ0n) is 25.3. The lowest BCUT2D eigenvalue weighted by molar-refractivity contribution is -0.141. The minimum atomic E-state index is -0.490. The van der Waals surface area contributed by atoms with E-state index in [0.29, 0.717) is 27.7 Å². The van der Waals surface area contributed by atoms with Crippen LogP contribution in [0.2, 0.25) is 0 Å². The summed E-state index contributed by atoms with van der Waals surface area (Å²) in [6.07, 6.45) is 4.61. The molecule has 0 radical (unpaired) electrons. The van der Waals surface area contributed by atoms with E-state index in [1.807, 2.05) is 35.3 Å². The molecule has 0 spiro atoms. The van der Waals surface area contributed by atoms with Crippen molar-refractivity contribution in [3.8, 4) is 17.3 Å². The molecule has 234 valence electrons. The summed E-state index contributed by atoms with van der Waals surface area (Å²) < 4.78 is 20.0. The zero-order chi connectivity index (χ0) is 31.8. The number of hydrogen-bond acceptors (Lipinski definition) is 12. The minimum Gasteiger partial charge on any atom is -0.468 e. The lowest BCUT2D eigenvalue weighted by Gasteiger charge is -2.31. The van der Waals surface area contributed by atoms with Crippen LogP contribution in [0.1, 0.15) is 41.3 Å². The van der Waals surface area contributed by atoms with Crippen molar-refractivity contribution in [2.24, 2.45) is 0 Å². The van der Waals surface area contributed by atoms with Gasteiger partial charge in [0.15, 0.2) is 10.9 Å². The third-order valence-corrected chi connectivity index (χ3v) is 10.2. The second-order valence-electron chi connectivity index (χ2n) is 10.9. The number of esters is 1. The number of fused-ring (bicyclic) bond motifs is 2. The van der Waals surface area contributed by atoms with Crippen LogP contribution in [0.3, 0.4) is 0 Å². The standard InChI is InChI=1S/C30H32FN9O3S2/c1-5-20-28(38(3)29-35-26(22(14-32)44-29)17-8-10-18(31)11-9-17)40-30(34-20)45-27(36-40)19-13-24(39-12-6-7-21(19)39)37(2)16-23(41)33-15-25(42)43-4/h7-11,19,24H,5-6,12-13,15-16H2,1-4H3,(H,33,41). The Bertz CT molecular complexity index is 1820. The van der Waals surface area contributed by atoms with Crippen molar-refractivity contribution >= 4 is 50.5 Å². The average molecular weight is 650 g/mol. The number of nitrogens with one attached hydrogen (secondary N) is 1. The molecule has 0 saturated carbocycles. The molecule has 45 heavy (non-hydrogen) atoms. The van der Waals surface area contributed by atoms with Gasteiger partial charge in [-0.15, -0.1) is 0 Å². The third kappa shape index (κ3) is 5.76. The van der Waals surface area contributed by atoms with Gasteiger partial charge in [0, 0.05) is 24.9 Å². The van der Waals surface area contributed by atoms with Crippen molar-refractivity contribution in [2.45, 2.75) is 38.3 Å². The number of nitriles is 1. The summed E-state index contributed by atoms with van der Waals surface area (Å²) in [5.41, 5.74) is 3.25. The van der Waals surface area contributed by atoms with E-state index in [2.05, 4.69) is 27.1 Å². The van der Waals surface area contributed by atoms with Gasteiger partial charge in [-0.1, -0.05) is 35.7 Å². The number of aryl methyl sites for hydroxylation is 1.